The number of hydrazone groups is 1. The van der Waals surface area contributed by atoms with E-state index in [1.807, 2.05) is 0 Å². The lowest BCUT2D eigenvalue weighted by Crippen LogP contribution is -2.29. The lowest BCUT2D eigenvalue weighted by molar-refractivity contribution is -0.137. The minimum Gasteiger partial charge on any atom is -0.464 e. The highest BCUT2D eigenvalue weighted by Crippen LogP contribution is 2.30. The number of halogens is 3. The van der Waals surface area contributed by atoms with E-state index in [9.17, 15) is 22.8 Å². The van der Waals surface area contributed by atoms with E-state index in [0.717, 1.165) is 25.3 Å². The highest BCUT2D eigenvalue weighted by atomic mass is 19.4. The third-order valence-electron chi connectivity index (χ3n) is 2.40. The van der Waals surface area contributed by atoms with Gasteiger partial charge in [-0.1, -0.05) is 6.07 Å². The van der Waals surface area contributed by atoms with Crippen molar-refractivity contribution >= 4 is 23.2 Å². The zero-order valence-electron chi connectivity index (χ0n) is 11.7. The quantitative estimate of drug-likeness (QED) is 0.375. The number of esters is 1. The number of carbonyl (C=O) groups excluding carboxylic acids is 2. The molecule has 9 heteroatoms. The summed E-state index contributed by atoms with van der Waals surface area (Å²) in [6.07, 6.45) is -4.52. The minimum absolute atomic E-state index is 0.0403. The van der Waals surface area contributed by atoms with Gasteiger partial charge in [0.25, 0.3) is 0 Å². The van der Waals surface area contributed by atoms with Gasteiger partial charge >= 0.3 is 12.1 Å². The number of benzene rings is 1. The Morgan fingerprint density at radius 3 is 2.50 bits per heavy atom. The van der Waals surface area contributed by atoms with Crippen LogP contribution >= 0.6 is 0 Å². The number of alkyl halides is 3. The molecule has 0 aliphatic carbocycles. The Balaban J connectivity index is 3.00. The van der Waals surface area contributed by atoms with Crippen LogP contribution in [0.3, 0.4) is 0 Å². The maximum Gasteiger partial charge on any atom is 0.416 e. The fourth-order valence-electron chi connectivity index (χ4n) is 1.40. The molecule has 0 atom stereocenters. The van der Waals surface area contributed by atoms with Gasteiger partial charge in [0.1, 0.15) is 6.61 Å². The highest BCUT2D eigenvalue weighted by Gasteiger charge is 2.30. The van der Waals surface area contributed by atoms with Gasteiger partial charge in [0.2, 0.25) is 11.5 Å². The number of carbonyl (C=O) groups is 2. The average Bonchev–Trinajstić information content (AvgIpc) is 2.47. The molecule has 22 heavy (non-hydrogen) atoms. The second-order valence-corrected chi connectivity index (χ2v) is 4.00. The number of hydrogen-bond acceptors (Lipinski definition) is 6. The van der Waals surface area contributed by atoms with E-state index in [1.54, 1.807) is 0 Å². The van der Waals surface area contributed by atoms with Crippen LogP contribution in [0.15, 0.2) is 29.4 Å². The molecule has 0 heterocycles. The second-order valence-electron chi connectivity index (χ2n) is 4.00. The molecule has 0 amide bonds. The lowest BCUT2D eigenvalue weighted by atomic mass is 10.2. The van der Waals surface area contributed by atoms with Gasteiger partial charge in [0, 0.05) is 7.11 Å². The first-order valence-corrected chi connectivity index (χ1v) is 5.91. The summed E-state index contributed by atoms with van der Waals surface area (Å²) < 4.78 is 46.7. The zero-order valence-corrected chi connectivity index (χ0v) is 11.7. The van der Waals surface area contributed by atoms with Gasteiger partial charge in [0.15, 0.2) is 0 Å². The molecule has 0 unspecified atom stereocenters. The van der Waals surface area contributed by atoms with Crippen LogP contribution in [-0.4, -0.2) is 38.3 Å². The van der Waals surface area contributed by atoms with Gasteiger partial charge in [0.05, 0.1) is 18.4 Å². The topological polar surface area (TPSA) is 77.0 Å². The predicted octanol–water partition coefficient (Wildman–Crippen LogP) is 1.86. The first-order valence-electron chi connectivity index (χ1n) is 5.91. The molecule has 6 nitrogen and oxygen atoms in total. The van der Waals surface area contributed by atoms with Crippen LogP contribution in [0.25, 0.3) is 0 Å². The molecular weight excluding hydrogens is 305 g/mol. The van der Waals surface area contributed by atoms with Gasteiger partial charge < -0.3 is 9.47 Å². The van der Waals surface area contributed by atoms with Crippen molar-refractivity contribution < 1.29 is 32.2 Å². The standard InChI is InChI=1S/C13H13F3N2O4/c1-21-7-10(19)11(12(20)22-2)18-17-9-5-3-4-8(6-9)13(14,15)16/h3-6,17H,7H2,1-2H3/b18-11+. The van der Waals surface area contributed by atoms with E-state index in [-0.39, 0.29) is 5.69 Å². The Labute approximate surface area is 123 Å². The smallest absolute Gasteiger partial charge is 0.416 e. The molecule has 0 bridgehead atoms. The van der Waals surface area contributed by atoms with Gasteiger partial charge in [-0.2, -0.15) is 18.3 Å². The second kappa shape index (κ2) is 7.55. The van der Waals surface area contributed by atoms with Gasteiger partial charge in [-0.3, -0.25) is 10.2 Å². The summed E-state index contributed by atoms with van der Waals surface area (Å²) in [6.45, 7) is -0.418. The molecule has 1 aromatic rings. The van der Waals surface area contributed by atoms with Crippen molar-refractivity contribution in [1.29, 1.82) is 0 Å². The number of ketones is 1. The zero-order chi connectivity index (χ0) is 16.8. The highest BCUT2D eigenvalue weighted by molar-refractivity contribution is 6.64. The van der Waals surface area contributed by atoms with E-state index in [1.165, 1.54) is 13.2 Å². The van der Waals surface area contributed by atoms with Crippen molar-refractivity contribution in [3.05, 3.63) is 29.8 Å². The summed E-state index contributed by atoms with van der Waals surface area (Å²) in [6, 6.07) is 4.13. The Morgan fingerprint density at radius 2 is 1.95 bits per heavy atom. The molecule has 120 valence electrons. The number of hydrogen-bond donors (Lipinski definition) is 1. The molecule has 0 saturated carbocycles. The van der Waals surface area contributed by atoms with Crippen molar-refractivity contribution in [1.82, 2.24) is 0 Å². The summed E-state index contributed by atoms with van der Waals surface area (Å²) in [5, 5.41) is 3.50. The SMILES string of the molecule is COCC(=O)/C(=N\Nc1cccc(C(F)(F)F)c1)C(=O)OC. The number of nitrogens with one attached hydrogen (secondary N) is 1. The first kappa shape index (κ1) is 17.6. The summed E-state index contributed by atoms with van der Waals surface area (Å²) in [7, 11) is 2.29. The van der Waals surface area contributed by atoms with Gasteiger partial charge in [-0.25, -0.2) is 4.79 Å². The van der Waals surface area contributed by atoms with Crippen molar-refractivity contribution in [2.24, 2.45) is 5.10 Å². The molecule has 1 N–H and O–H groups in total. The molecule has 1 rings (SSSR count). The van der Waals surface area contributed by atoms with Crippen LogP contribution in [-0.2, 0) is 25.2 Å². The van der Waals surface area contributed by atoms with E-state index in [2.05, 4.69) is 20.0 Å². The maximum absolute atomic E-state index is 12.6. The van der Waals surface area contributed by atoms with Crippen LogP contribution in [0.1, 0.15) is 5.56 Å². The van der Waals surface area contributed by atoms with Gasteiger partial charge in [-0.05, 0) is 18.2 Å². The Kier molecular flexibility index (Phi) is 6.05. The summed E-state index contributed by atoms with van der Waals surface area (Å²) in [4.78, 5) is 23.0. The molecule has 1 aromatic carbocycles. The lowest BCUT2D eigenvalue weighted by Gasteiger charge is -2.09. The molecule has 0 aromatic heterocycles. The van der Waals surface area contributed by atoms with Gasteiger partial charge in [-0.15, -0.1) is 0 Å². The number of anilines is 1. The van der Waals surface area contributed by atoms with Crippen molar-refractivity contribution in [2.75, 3.05) is 26.3 Å². The van der Waals surface area contributed by atoms with E-state index < -0.39 is 35.8 Å². The van der Waals surface area contributed by atoms with Crippen LogP contribution in [0, 0.1) is 0 Å². The maximum atomic E-state index is 12.6. The molecule has 0 saturated heterocycles. The fraction of sp³-hybridized carbons (Fsp3) is 0.308. The third-order valence-corrected chi connectivity index (χ3v) is 2.40. The number of Topliss-reactive ketones (excluding diaryl/α,β-unsaturated/α-hetero) is 1. The van der Waals surface area contributed by atoms with E-state index >= 15 is 0 Å². The van der Waals surface area contributed by atoms with Crippen molar-refractivity contribution in [2.45, 2.75) is 6.18 Å². The predicted molar refractivity (Wildman–Crippen MR) is 71.4 cm³/mol. The minimum atomic E-state index is -4.52. The summed E-state index contributed by atoms with van der Waals surface area (Å²) in [5.41, 5.74) is 0.680. The average molecular weight is 318 g/mol. The molecular formula is C13H13F3N2O4. The molecule has 0 radical (unpaired) electrons. The number of methoxy groups -OCH3 is 2. The van der Waals surface area contributed by atoms with Crippen LogP contribution < -0.4 is 5.43 Å². The Bertz CT molecular complexity index is 585. The van der Waals surface area contributed by atoms with Crippen molar-refractivity contribution in [3.63, 3.8) is 0 Å². The first-order chi connectivity index (χ1) is 10.3. The third kappa shape index (κ3) is 4.85. The number of rotatable bonds is 6. The molecule has 0 fully saturated rings. The summed E-state index contributed by atoms with van der Waals surface area (Å²) >= 11 is 0. The summed E-state index contributed by atoms with van der Waals surface area (Å²) in [5.74, 6) is -1.80. The Hall–Kier alpha value is -2.42. The van der Waals surface area contributed by atoms with E-state index in [0.29, 0.717) is 0 Å². The largest absolute Gasteiger partial charge is 0.464 e. The van der Waals surface area contributed by atoms with Crippen LogP contribution in [0.2, 0.25) is 0 Å². The molecule has 0 aliphatic heterocycles. The number of nitrogens with zero attached hydrogens (tertiary/aromatic N) is 1. The molecule has 0 aliphatic rings. The van der Waals surface area contributed by atoms with Crippen molar-refractivity contribution in [3.8, 4) is 0 Å². The van der Waals surface area contributed by atoms with Crippen LogP contribution in [0.4, 0.5) is 18.9 Å². The van der Waals surface area contributed by atoms with Crippen LogP contribution in [0.5, 0.6) is 0 Å². The number of ether oxygens (including phenoxy) is 2. The van der Waals surface area contributed by atoms with E-state index in [4.69, 9.17) is 0 Å². The Morgan fingerprint density at radius 1 is 1.27 bits per heavy atom. The fourth-order valence-corrected chi connectivity index (χ4v) is 1.40. The molecule has 0 spiro atoms. The normalized spacial score (nSPS) is 12.0. The monoisotopic (exact) mass is 318 g/mol.